The molecular formula is C35H29N3O5S. The number of hydrogen-bond acceptors (Lipinski definition) is 6. The lowest BCUT2D eigenvalue weighted by Gasteiger charge is -2.15. The molecule has 0 spiro atoms. The minimum absolute atomic E-state index is 0.0173. The summed E-state index contributed by atoms with van der Waals surface area (Å²) < 4.78 is 0. The fraction of sp³-hybridized carbons (Fsp3) is 0.114. The van der Waals surface area contributed by atoms with E-state index in [1.165, 1.54) is 18.7 Å². The Morgan fingerprint density at radius 2 is 1.57 bits per heavy atom. The third kappa shape index (κ3) is 7.19. The maximum absolute atomic E-state index is 13.5. The van der Waals surface area contributed by atoms with E-state index in [1.54, 1.807) is 84.9 Å². The highest BCUT2D eigenvalue weighted by atomic mass is 32.2. The van der Waals surface area contributed by atoms with E-state index in [9.17, 15) is 24.0 Å². The first-order valence-corrected chi connectivity index (χ1v) is 14.8. The molecule has 1 fully saturated rings. The van der Waals surface area contributed by atoms with Gasteiger partial charge in [-0.15, -0.1) is 11.8 Å². The third-order valence-electron chi connectivity index (χ3n) is 6.89. The number of benzene rings is 4. The summed E-state index contributed by atoms with van der Waals surface area (Å²) in [5.74, 6) is -1.73. The van der Waals surface area contributed by atoms with Crippen molar-refractivity contribution in [1.82, 2.24) is 5.32 Å². The van der Waals surface area contributed by atoms with Gasteiger partial charge < -0.3 is 10.6 Å². The fourth-order valence-electron chi connectivity index (χ4n) is 4.69. The monoisotopic (exact) mass is 603 g/mol. The van der Waals surface area contributed by atoms with Crippen molar-refractivity contribution in [1.29, 1.82) is 0 Å². The van der Waals surface area contributed by atoms with Crippen molar-refractivity contribution in [3.8, 4) is 0 Å². The van der Waals surface area contributed by atoms with Crippen LogP contribution in [-0.4, -0.2) is 34.7 Å². The van der Waals surface area contributed by atoms with Crippen LogP contribution in [0.5, 0.6) is 0 Å². The highest BCUT2D eigenvalue weighted by molar-refractivity contribution is 8.00. The van der Waals surface area contributed by atoms with Gasteiger partial charge in [-0.3, -0.25) is 24.0 Å². The zero-order chi connectivity index (χ0) is 31.2. The van der Waals surface area contributed by atoms with Crippen molar-refractivity contribution < 1.29 is 24.0 Å². The Morgan fingerprint density at radius 1 is 0.841 bits per heavy atom. The highest BCUT2D eigenvalue weighted by Crippen LogP contribution is 2.35. The zero-order valence-electron chi connectivity index (χ0n) is 24.1. The molecule has 4 aromatic carbocycles. The number of rotatable bonds is 9. The summed E-state index contributed by atoms with van der Waals surface area (Å²) in [6, 6.07) is 29.5. The van der Waals surface area contributed by atoms with E-state index in [2.05, 4.69) is 10.6 Å². The Hall–Kier alpha value is -5.28. The first-order chi connectivity index (χ1) is 21.2. The van der Waals surface area contributed by atoms with Crippen LogP contribution in [0.1, 0.15) is 45.2 Å². The molecule has 44 heavy (non-hydrogen) atoms. The van der Waals surface area contributed by atoms with Gasteiger partial charge in [-0.2, -0.15) is 0 Å². The number of imide groups is 1. The van der Waals surface area contributed by atoms with Crippen molar-refractivity contribution in [3.05, 3.63) is 131 Å². The number of hydrogen-bond donors (Lipinski definition) is 2. The topological polar surface area (TPSA) is 113 Å². The number of ketones is 1. The second-order valence-corrected chi connectivity index (χ2v) is 11.5. The Bertz CT molecular complexity index is 1780. The number of nitrogens with one attached hydrogen (secondary N) is 2. The average Bonchev–Trinajstić information content (AvgIpc) is 3.29. The van der Waals surface area contributed by atoms with Gasteiger partial charge in [-0.25, -0.2) is 4.90 Å². The summed E-state index contributed by atoms with van der Waals surface area (Å²) >= 11 is 1.23. The summed E-state index contributed by atoms with van der Waals surface area (Å²) in [5, 5.41) is 4.93. The minimum Gasteiger partial charge on any atom is -0.321 e. The van der Waals surface area contributed by atoms with Crippen LogP contribution in [-0.2, 0) is 14.4 Å². The number of carbonyl (C=O) groups is 5. The molecule has 4 amide bonds. The number of anilines is 2. The molecule has 220 valence electrons. The molecule has 0 radical (unpaired) electrons. The summed E-state index contributed by atoms with van der Waals surface area (Å²) in [4.78, 5) is 65.8. The van der Waals surface area contributed by atoms with Crippen LogP contribution in [0.3, 0.4) is 0 Å². The number of carbonyl (C=O) groups excluding carboxylic acids is 5. The largest absolute Gasteiger partial charge is 0.321 e. The van der Waals surface area contributed by atoms with Gasteiger partial charge in [0.1, 0.15) is 5.70 Å². The van der Waals surface area contributed by atoms with Crippen LogP contribution in [0.4, 0.5) is 11.4 Å². The number of aryl methyl sites for hydroxylation is 1. The Morgan fingerprint density at radius 3 is 2.27 bits per heavy atom. The van der Waals surface area contributed by atoms with E-state index >= 15 is 0 Å². The molecule has 0 saturated carbocycles. The van der Waals surface area contributed by atoms with E-state index in [1.807, 2.05) is 31.2 Å². The molecule has 9 heteroatoms. The first-order valence-electron chi connectivity index (χ1n) is 13.9. The lowest BCUT2D eigenvalue weighted by Crippen LogP contribution is -2.31. The molecule has 1 heterocycles. The van der Waals surface area contributed by atoms with Crippen LogP contribution in [0.25, 0.3) is 6.08 Å². The molecule has 5 rings (SSSR count). The molecule has 0 aliphatic carbocycles. The molecule has 0 aromatic heterocycles. The van der Waals surface area contributed by atoms with Crippen molar-refractivity contribution >= 4 is 58.6 Å². The lowest BCUT2D eigenvalue weighted by molar-refractivity contribution is -0.121. The molecule has 1 aliphatic heterocycles. The molecule has 8 nitrogen and oxygen atoms in total. The zero-order valence-corrected chi connectivity index (χ0v) is 24.9. The number of amides is 4. The molecule has 2 N–H and O–H groups in total. The molecular weight excluding hydrogens is 574 g/mol. The van der Waals surface area contributed by atoms with E-state index < -0.39 is 17.1 Å². The predicted molar refractivity (Wildman–Crippen MR) is 171 cm³/mol. The van der Waals surface area contributed by atoms with Gasteiger partial charge in [0.05, 0.1) is 10.9 Å². The number of thioether (sulfide) groups is 1. The summed E-state index contributed by atoms with van der Waals surface area (Å²) in [5.41, 5.74) is 3.59. The summed E-state index contributed by atoms with van der Waals surface area (Å²) in [6.07, 6.45) is 1.63. The highest BCUT2D eigenvalue weighted by Gasteiger charge is 2.40. The summed E-state index contributed by atoms with van der Waals surface area (Å²) in [7, 11) is 0. The van der Waals surface area contributed by atoms with Gasteiger partial charge in [-0.05, 0) is 80.1 Å². The van der Waals surface area contributed by atoms with Gasteiger partial charge in [0.15, 0.2) is 5.78 Å². The van der Waals surface area contributed by atoms with Gasteiger partial charge in [-0.1, -0.05) is 54.1 Å². The van der Waals surface area contributed by atoms with E-state index in [4.69, 9.17) is 0 Å². The predicted octanol–water partition coefficient (Wildman–Crippen LogP) is 6.03. The normalized spacial score (nSPS) is 14.8. The number of Topliss-reactive ketones (excluding diaryl/α,β-unsaturated/α-hetero) is 1. The second-order valence-electron chi connectivity index (χ2n) is 10.3. The van der Waals surface area contributed by atoms with Crippen molar-refractivity contribution in [2.45, 2.75) is 30.4 Å². The van der Waals surface area contributed by atoms with Crippen LogP contribution >= 0.6 is 11.8 Å². The molecule has 1 saturated heterocycles. The summed E-state index contributed by atoms with van der Waals surface area (Å²) in [6.45, 7) is 3.39. The first kappa shape index (κ1) is 30.2. The molecule has 4 aromatic rings. The number of nitrogens with zero attached hydrogens (tertiary/aromatic N) is 1. The standard InChI is InChI=1S/C35H29N3O5S/c1-22-8-6-9-24(18-22)19-30(37-33(41)26-10-4-3-5-11-26)34(42)36-27-12-7-13-29(20-27)44-31-21-32(40)38(35(31)43)28-16-14-25(15-17-28)23(2)39/h3-20,31H,21H2,1-2H3,(H,36,42)(H,37,41)/b30-19-/t31-/m0/s1. The maximum atomic E-state index is 13.5. The molecule has 0 bridgehead atoms. The molecule has 0 unspecified atom stereocenters. The van der Waals surface area contributed by atoms with Crippen LogP contribution in [0, 0.1) is 6.92 Å². The van der Waals surface area contributed by atoms with Crippen molar-refractivity contribution in [3.63, 3.8) is 0 Å². The van der Waals surface area contributed by atoms with Gasteiger partial charge in [0.2, 0.25) is 11.8 Å². The average molecular weight is 604 g/mol. The van der Waals surface area contributed by atoms with Crippen molar-refractivity contribution in [2.24, 2.45) is 0 Å². The van der Waals surface area contributed by atoms with Crippen molar-refractivity contribution in [2.75, 3.05) is 10.2 Å². The Labute approximate surface area is 259 Å². The lowest BCUT2D eigenvalue weighted by atomic mass is 10.1. The van der Waals surface area contributed by atoms with Gasteiger partial charge in [0.25, 0.3) is 11.8 Å². The van der Waals surface area contributed by atoms with E-state index in [0.29, 0.717) is 27.4 Å². The second kappa shape index (κ2) is 13.4. The minimum atomic E-state index is -0.650. The quantitative estimate of drug-likeness (QED) is 0.137. The molecule has 1 atom stereocenters. The van der Waals surface area contributed by atoms with Gasteiger partial charge in [0, 0.05) is 28.1 Å². The van der Waals surface area contributed by atoms with Crippen LogP contribution in [0.15, 0.2) is 114 Å². The van der Waals surface area contributed by atoms with Gasteiger partial charge >= 0.3 is 0 Å². The maximum Gasteiger partial charge on any atom is 0.272 e. The molecule has 1 aliphatic rings. The Kier molecular flexibility index (Phi) is 9.16. The van der Waals surface area contributed by atoms with E-state index in [-0.39, 0.29) is 29.7 Å². The fourth-order valence-corrected chi connectivity index (χ4v) is 5.80. The smallest absolute Gasteiger partial charge is 0.272 e. The Balaban J connectivity index is 1.31. The van der Waals surface area contributed by atoms with E-state index in [0.717, 1.165) is 16.0 Å². The van der Waals surface area contributed by atoms with Crippen LogP contribution < -0.4 is 15.5 Å². The van der Waals surface area contributed by atoms with Crippen LogP contribution in [0.2, 0.25) is 0 Å². The third-order valence-corrected chi connectivity index (χ3v) is 8.07. The SMILES string of the molecule is CC(=O)c1ccc(N2C(=O)C[C@H](Sc3cccc(NC(=O)/C(=C/c4cccc(C)c4)NC(=O)c4ccccc4)c3)C2=O)cc1.